The van der Waals surface area contributed by atoms with Crippen LogP contribution in [0, 0.1) is 0 Å². The Kier molecular flexibility index (Phi) is 4.17. The molecular weight excluding hydrogens is 272 g/mol. The second kappa shape index (κ2) is 6.43. The van der Waals surface area contributed by atoms with Gasteiger partial charge in [0.2, 0.25) is 0 Å². The van der Waals surface area contributed by atoms with Crippen molar-refractivity contribution in [3.8, 4) is 0 Å². The van der Waals surface area contributed by atoms with E-state index in [1.807, 2.05) is 0 Å². The van der Waals surface area contributed by atoms with Crippen LogP contribution in [0.15, 0.2) is 30.5 Å². The predicted molar refractivity (Wildman–Crippen MR) is 90.4 cm³/mol. The summed E-state index contributed by atoms with van der Waals surface area (Å²) >= 11 is 0. The molecule has 2 aliphatic heterocycles. The molecule has 0 radical (unpaired) electrons. The van der Waals surface area contributed by atoms with E-state index in [1.165, 1.54) is 42.3 Å². The molecule has 0 spiro atoms. The third-order valence-electron chi connectivity index (χ3n) is 5.37. The summed E-state index contributed by atoms with van der Waals surface area (Å²) in [5.74, 6) is 0.679. The first-order valence-corrected chi connectivity index (χ1v) is 8.80. The van der Waals surface area contributed by atoms with Crippen LogP contribution >= 0.6 is 0 Å². The zero-order chi connectivity index (χ0) is 14.8. The number of benzene rings is 1. The van der Waals surface area contributed by atoms with Gasteiger partial charge >= 0.3 is 0 Å². The molecule has 22 heavy (non-hydrogen) atoms. The number of hydrogen-bond donors (Lipinski definition) is 1. The predicted octanol–water partition coefficient (Wildman–Crippen LogP) is 3.68. The minimum atomic E-state index is 0.679. The molecule has 0 saturated carbocycles. The van der Waals surface area contributed by atoms with Crippen LogP contribution in [0.4, 0.5) is 0 Å². The Bertz CT molecular complexity index is 621. The second-order valence-electron chi connectivity index (χ2n) is 6.80. The monoisotopic (exact) mass is 298 g/mol. The summed E-state index contributed by atoms with van der Waals surface area (Å²) in [7, 11) is 0. The summed E-state index contributed by atoms with van der Waals surface area (Å²) in [6, 6.07) is 10.0. The summed E-state index contributed by atoms with van der Waals surface area (Å²) in [6.07, 6.45) is 8.51. The third-order valence-corrected chi connectivity index (χ3v) is 5.37. The molecule has 1 unspecified atom stereocenters. The van der Waals surface area contributed by atoms with Crippen LogP contribution in [0.5, 0.6) is 0 Å². The second-order valence-corrected chi connectivity index (χ2v) is 6.80. The van der Waals surface area contributed by atoms with Crippen LogP contribution in [0.25, 0.3) is 10.9 Å². The Morgan fingerprint density at radius 2 is 2.05 bits per heavy atom. The smallest absolute Gasteiger partial charge is 0.0483 e. The van der Waals surface area contributed by atoms with E-state index in [0.717, 1.165) is 38.6 Å². The van der Waals surface area contributed by atoms with E-state index in [1.54, 1.807) is 0 Å². The zero-order valence-corrected chi connectivity index (χ0v) is 13.3. The van der Waals surface area contributed by atoms with Crippen molar-refractivity contribution in [3.05, 3.63) is 36.0 Å². The molecule has 2 aromatic rings. The first-order chi connectivity index (χ1) is 10.9. The SMILES string of the molecule is c1cc2ccn(CCC3CCCN3)c2cc1C1CCOCC1. The van der Waals surface area contributed by atoms with Gasteiger partial charge in [0.1, 0.15) is 0 Å². The highest BCUT2D eigenvalue weighted by Gasteiger charge is 2.17. The number of ether oxygens (including phenoxy) is 1. The largest absolute Gasteiger partial charge is 0.381 e. The van der Waals surface area contributed by atoms with Crippen LogP contribution in [-0.2, 0) is 11.3 Å². The molecule has 0 aliphatic carbocycles. The Labute approximate surface area is 132 Å². The molecule has 2 saturated heterocycles. The molecule has 3 nitrogen and oxygen atoms in total. The Balaban J connectivity index is 1.53. The van der Waals surface area contributed by atoms with E-state index in [-0.39, 0.29) is 0 Å². The Morgan fingerprint density at radius 1 is 1.14 bits per heavy atom. The lowest BCUT2D eigenvalue weighted by Gasteiger charge is -2.22. The average molecular weight is 298 g/mol. The van der Waals surface area contributed by atoms with Gasteiger partial charge in [-0.1, -0.05) is 12.1 Å². The van der Waals surface area contributed by atoms with Gasteiger partial charge in [0.05, 0.1) is 0 Å². The summed E-state index contributed by atoms with van der Waals surface area (Å²) in [6.45, 7) is 4.15. The van der Waals surface area contributed by atoms with Crippen molar-refractivity contribution in [2.24, 2.45) is 0 Å². The first-order valence-electron chi connectivity index (χ1n) is 8.80. The van der Waals surface area contributed by atoms with Crippen molar-refractivity contribution in [1.82, 2.24) is 9.88 Å². The quantitative estimate of drug-likeness (QED) is 0.932. The van der Waals surface area contributed by atoms with Crippen molar-refractivity contribution < 1.29 is 4.74 Å². The fourth-order valence-electron chi connectivity index (χ4n) is 3.98. The number of fused-ring (bicyclic) bond motifs is 1. The van der Waals surface area contributed by atoms with E-state index >= 15 is 0 Å². The lowest BCUT2D eigenvalue weighted by Crippen LogP contribution is -2.22. The van der Waals surface area contributed by atoms with Crippen LogP contribution in [0.3, 0.4) is 0 Å². The number of aromatic nitrogens is 1. The minimum absolute atomic E-state index is 0.679. The molecule has 0 amide bonds. The molecule has 4 rings (SSSR count). The van der Waals surface area contributed by atoms with Gasteiger partial charge in [-0.05, 0) is 67.6 Å². The third kappa shape index (κ3) is 2.92. The Morgan fingerprint density at radius 3 is 2.86 bits per heavy atom. The van der Waals surface area contributed by atoms with Crippen molar-refractivity contribution in [2.75, 3.05) is 19.8 Å². The van der Waals surface area contributed by atoms with Crippen molar-refractivity contribution in [2.45, 2.75) is 50.6 Å². The lowest BCUT2D eigenvalue weighted by molar-refractivity contribution is 0.0853. The van der Waals surface area contributed by atoms with Crippen LogP contribution in [-0.4, -0.2) is 30.4 Å². The van der Waals surface area contributed by atoms with Crippen LogP contribution in [0.2, 0.25) is 0 Å². The van der Waals surface area contributed by atoms with Crippen LogP contribution in [0.1, 0.15) is 43.6 Å². The maximum Gasteiger partial charge on any atom is 0.0483 e. The highest BCUT2D eigenvalue weighted by atomic mass is 16.5. The maximum absolute atomic E-state index is 5.50. The van der Waals surface area contributed by atoms with E-state index in [0.29, 0.717) is 5.92 Å². The molecule has 2 fully saturated rings. The van der Waals surface area contributed by atoms with Crippen molar-refractivity contribution in [3.63, 3.8) is 0 Å². The summed E-state index contributed by atoms with van der Waals surface area (Å²) in [4.78, 5) is 0. The van der Waals surface area contributed by atoms with Gasteiger partial charge in [-0.25, -0.2) is 0 Å². The number of hydrogen-bond acceptors (Lipinski definition) is 2. The van der Waals surface area contributed by atoms with Gasteiger partial charge in [0.25, 0.3) is 0 Å². The zero-order valence-electron chi connectivity index (χ0n) is 13.3. The fraction of sp³-hybridized carbons (Fsp3) is 0.579. The van der Waals surface area contributed by atoms with Gasteiger partial charge in [-0.15, -0.1) is 0 Å². The molecular formula is C19H26N2O. The standard InChI is InChI=1S/C19H26N2O/c1-2-18(20-9-1)6-11-21-10-5-16-3-4-17(14-19(16)21)15-7-12-22-13-8-15/h3-5,10,14-15,18,20H,1-2,6-9,11-13H2. The van der Waals surface area contributed by atoms with Gasteiger partial charge < -0.3 is 14.6 Å². The highest BCUT2D eigenvalue weighted by Crippen LogP contribution is 2.29. The van der Waals surface area contributed by atoms with Crippen molar-refractivity contribution >= 4 is 10.9 Å². The molecule has 1 aromatic carbocycles. The van der Waals surface area contributed by atoms with Crippen molar-refractivity contribution in [1.29, 1.82) is 0 Å². The molecule has 118 valence electrons. The highest BCUT2D eigenvalue weighted by molar-refractivity contribution is 5.81. The molecule has 1 aromatic heterocycles. The summed E-state index contributed by atoms with van der Waals surface area (Å²) in [5.41, 5.74) is 2.90. The number of aryl methyl sites for hydroxylation is 1. The number of rotatable bonds is 4. The molecule has 1 N–H and O–H groups in total. The van der Waals surface area contributed by atoms with E-state index in [2.05, 4.69) is 40.3 Å². The number of nitrogens with zero attached hydrogens (tertiary/aromatic N) is 1. The normalized spacial score (nSPS) is 23.4. The fourth-order valence-corrected chi connectivity index (χ4v) is 3.98. The minimum Gasteiger partial charge on any atom is -0.381 e. The first kappa shape index (κ1) is 14.3. The van der Waals surface area contributed by atoms with E-state index < -0.39 is 0 Å². The molecule has 2 aliphatic rings. The van der Waals surface area contributed by atoms with Gasteiger partial charge in [0, 0.05) is 37.5 Å². The molecule has 3 heterocycles. The number of nitrogens with one attached hydrogen (secondary N) is 1. The summed E-state index contributed by atoms with van der Waals surface area (Å²) in [5, 5.41) is 4.97. The molecule has 0 bridgehead atoms. The van der Waals surface area contributed by atoms with E-state index in [9.17, 15) is 0 Å². The van der Waals surface area contributed by atoms with Gasteiger partial charge in [-0.3, -0.25) is 0 Å². The average Bonchev–Trinajstić information content (AvgIpc) is 3.23. The van der Waals surface area contributed by atoms with Gasteiger partial charge in [-0.2, -0.15) is 0 Å². The lowest BCUT2D eigenvalue weighted by atomic mass is 9.91. The molecule has 3 heteroatoms. The topological polar surface area (TPSA) is 26.2 Å². The van der Waals surface area contributed by atoms with E-state index in [4.69, 9.17) is 4.74 Å². The Hall–Kier alpha value is -1.32. The maximum atomic E-state index is 5.50. The van der Waals surface area contributed by atoms with Gasteiger partial charge in [0.15, 0.2) is 0 Å². The summed E-state index contributed by atoms with van der Waals surface area (Å²) < 4.78 is 7.94. The molecule has 1 atom stereocenters. The van der Waals surface area contributed by atoms with Crippen LogP contribution < -0.4 is 5.32 Å².